The SMILES string of the molecule is Cc1s[c]c2ccccc12. The monoisotopic (exact) mass is 147 g/mol. The highest BCUT2D eigenvalue weighted by Crippen LogP contribution is 2.22. The van der Waals surface area contributed by atoms with Crippen LogP contribution in [0.25, 0.3) is 10.8 Å². The molecule has 0 amide bonds. The van der Waals surface area contributed by atoms with E-state index in [4.69, 9.17) is 0 Å². The van der Waals surface area contributed by atoms with Crippen LogP contribution in [0.3, 0.4) is 0 Å². The predicted molar refractivity (Wildman–Crippen MR) is 45.4 cm³/mol. The molecule has 0 saturated carbocycles. The molecular formula is C9H7S. The third kappa shape index (κ3) is 0.745. The van der Waals surface area contributed by atoms with Crippen LogP contribution in [-0.2, 0) is 0 Å². The Morgan fingerprint density at radius 3 is 2.90 bits per heavy atom. The van der Waals surface area contributed by atoms with Crippen LogP contribution in [-0.4, -0.2) is 0 Å². The summed E-state index contributed by atoms with van der Waals surface area (Å²) in [5.41, 5.74) is 0. The average molecular weight is 147 g/mol. The molecule has 1 heterocycles. The molecule has 0 nitrogen and oxygen atoms in total. The molecule has 0 aliphatic heterocycles. The molecule has 2 rings (SSSR count). The molecule has 1 aromatic heterocycles. The van der Waals surface area contributed by atoms with Crippen molar-refractivity contribution in [1.82, 2.24) is 0 Å². The van der Waals surface area contributed by atoms with Gasteiger partial charge in [0.15, 0.2) is 0 Å². The molecule has 0 bridgehead atoms. The Kier molecular flexibility index (Phi) is 1.24. The van der Waals surface area contributed by atoms with E-state index in [1.54, 1.807) is 11.3 Å². The molecule has 0 aliphatic carbocycles. The first-order valence-electron chi connectivity index (χ1n) is 3.24. The summed E-state index contributed by atoms with van der Waals surface area (Å²) in [6.45, 7) is 2.13. The van der Waals surface area contributed by atoms with Crippen molar-refractivity contribution in [2.24, 2.45) is 0 Å². The maximum atomic E-state index is 3.23. The summed E-state index contributed by atoms with van der Waals surface area (Å²) < 4.78 is 0. The van der Waals surface area contributed by atoms with Crippen molar-refractivity contribution in [2.75, 3.05) is 0 Å². The number of benzene rings is 1. The Bertz CT molecular complexity index is 346. The Labute approximate surface area is 64.1 Å². The number of thiophene rings is 1. The van der Waals surface area contributed by atoms with Crippen LogP contribution in [0.1, 0.15) is 4.88 Å². The van der Waals surface area contributed by atoms with Gasteiger partial charge in [-0.15, -0.1) is 11.3 Å². The normalized spacial score (nSPS) is 10.5. The van der Waals surface area contributed by atoms with Gasteiger partial charge in [-0.05, 0) is 12.3 Å². The molecule has 1 aromatic carbocycles. The van der Waals surface area contributed by atoms with Gasteiger partial charge in [0.1, 0.15) is 0 Å². The highest BCUT2D eigenvalue weighted by Gasteiger charge is 1.96. The average Bonchev–Trinajstić information content (AvgIpc) is 2.34. The van der Waals surface area contributed by atoms with Gasteiger partial charge in [-0.1, -0.05) is 24.3 Å². The number of rotatable bonds is 0. The molecule has 1 radical (unpaired) electrons. The van der Waals surface area contributed by atoms with Crippen molar-refractivity contribution in [1.29, 1.82) is 0 Å². The first kappa shape index (κ1) is 5.93. The summed E-state index contributed by atoms with van der Waals surface area (Å²) in [5, 5.41) is 5.81. The van der Waals surface area contributed by atoms with E-state index in [1.165, 1.54) is 15.6 Å². The molecule has 1 heteroatoms. The van der Waals surface area contributed by atoms with Crippen LogP contribution in [0.15, 0.2) is 24.3 Å². The zero-order chi connectivity index (χ0) is 6.97. The second-order valence-corrected chi connectivity index (χ2v) is 3.33. The van der Waals surface area contributed by atoms with Crippen molar-refractivity contribution in [3.63, 3.8) is 0 Å². The fraction of sp³-hybridized carbons (Fsp3) is 0.111. The van der Waals surface area contributed by atoms with Gasteiger partial charge in [-0.25, -0.2) is 0 Å². The van der Waals surface area contributed by atoms with E-state index in [9.17, 15) is 0 Å². The topological polar surface area (TPSA) is 0 Å². The third-order valence-corrected chi connectivity index (χ3v) is 2.47. The fourth-order valence-electron chi connectivity index (χ4n) is 1.07. The summed E-state index contributed by atoms with van der Waals surface area (Å²) >= 11 is 1.69. The zero-order valence-electron chi connectivity index (χ0n) is 5.72. The molecule has 2 aromatic rings. The van der Waals surface area contributed by atoms with Crippen molar-refractivity contribution in [2.45, 2.75) is 6.92 Å². The van der Waals surface area contributed by atoms with Gasteiger partial charge >= 0.3 is 0 Å². The van der Waals surface area contributed by atoms with Crippen LogP contribution in [0.5, 0.6) is 0 Å². The Hall–Kier alpha value is -0.820. The number of fused-ring (bicyclic) bond motifs is 1. The second kappa shape index (κ2) is 2.10. The first-order chi connectivity index (χ1) is 4.88. The summed E-state index contributed by atoms with van der Waals surface area (Å²) in [6.07, 6.45) is 0. The van der Waals surface area contributed by atoms with E-state index >= 15 is 0 Å². The van der Waals surface area contributed by atoms with Gasteiger partial charge in [-0.3, -0.25) is 0 Å². The highest BCUT2D eigenvalue weighted by molar-refractivity contribution is 7.11. The molecule has 0 fully saturated rings. The molecule has 0 saturated heterocycles. The lowest BCUT2D eigenvalue weighted by Gasteiger charge is -1.86. The number of hydrogen-bond acceptors (Lipinski definition) is 1. The predicted octanol–water partition coefficient (Wildman–Crippen LogP) is 3.01. The van der Waals surface area contributed by atoms with Crippen molar-refractivity contribution in [3.8, 4) is 0 Å². The van der Waals surface area contributed by atoms with Crippen molar-refractivity contribution in [3.05, 3.63) is 34.5 Å². The lowest BCUT2D eigenvalue weighted by molar-refractivity contribution is 1.68. The minimum atomic E-state index is 1.24. The molecule has 0 atom stereocenters. The van der Waals surface area contributed by atoms with Crippen LogP contribution in [0.2, 0.25) is 0 Å². The first-order valence-corrected chi connectivity index (χ1v) is 4.05. The van der Waals surface area contributed by atoms with Crippen molar-refractivity contribution >= 4 is 22.1 Å². The molecule has 0 spiro atoms. The van der Waals surface area contributed by atoms with E-state index in [-0.39, 0.29) is 0 Å². The van der Waals surface area contributed by atoms with E-state index in [0.717, 1.165) is 0 Å². The van der Waals surface area contributed by atoms with Crippen molar-refractivity contribution < 1.29 is 0 Å². The lowest BCUT2D eigenvalue weighted by Crippen LogP contribution is -1.63. The summed E-state index contributed by atoms with van der Waals surface area (Å²) in [5.74, 6) is 0. The van der Waals surface area contributed by atoms with Gasteiger partial charge in [0.2, 0.25) is 0 Å². The largest absolute Gasteiger partial charge is 0.138 e. The minimum Gasteiger partial charge on any atom is -0.138 e. The van der Waals surface area contributed by atoms with E-state index < -0.39 is 0 Å². The fourth-order valence-corrected chi connectivity index (χ4v) is 1.79. The Morgan fingerprint density at radius 1 is 1.30 bits per heavy atom. The van der Waals surface area contributed by atoms with Gasteiger partial charge in [0.05, 0.1) is 5.38 Å². The van der Waals surface area contributed by atoms with Gasteiger partial charge in [0, 0.05) is 10.3 Å². The zero-order valence-corrected chi connectivity index (χ0v) is 6.53. The Balaban J connectivity index is 2.93. The van der Waals surface area contributed by atoms with E-state index in [0.29, 0.717) is 0 Å². The molecule has 0 N–H and O–H groups in total. The molecule has 0 unspecified atom stereocenters. The second-order valence-electron chi connectivity index (χ2n) is 2.31. The minimum absolute atomic E-state index is 1.24. The maximum absolute atomic E-state index is 3.23. The van der Waals surface area contributed by atoms with E-state index in [1.807, 2.05) is 6.07 Å². The quantitative estimate of drug-likeness (QED) is 0.537. The summed E-state index contributed by atoms with van der Waals surface area (Å²) in [6, 6.07) is 8.34. The maximum Gasteiger partial charge on any atom is 0.0530 e. The van der Waals surface area contributed by atoms with Crippen LogP contribution >= 0.6 is 11.3 Å². The van der Waals surface area contributed by atoms with Gasteiger partial charge in [0.25, 0.3) is 0 Å². The Morgan fingerprint density at radius 2 is 2.10 bits per heavy atom. The molecule has 10 heavy (non-hydrogen) atoms. The standard InChI is InChI=1S/C9H7S/c1-7-9-5-3-2-4-8(9)6-10-7/h2-5H,1H3. The molecular weight excluding hydrogens is 140 g/mol. The number of hydrogen-bond donors (Lipinski definition) is 0. The summed E-state index contributed by atoms with van der Waals surface area (Å²) in [4.78, 5) is 1.36. The van der Waals surface area contributed by atoms with Crippen LogP contribution in [0, 0.1) is 12.3 Å². The summed E-state index contributed by atoms with van der Waals surface area (Å²) in [7, 11) is 0. The van der Waals surface area contributed by atoms with E-state index in [2.05, 4.69) is 30.5 Å². The molecule has 0 aliphatic rings. The smallest absolute Gasteiger partial charge is 0.0530 e. The van der Waals surface area contributed by atoms with Crippen LogP contribution < -0.4 is 0 Å². The van der Waals surface area contributed by atoms with Gasteiger partial charge < -0.3 is 0 Å². The van der Waals surface area contributed by atoms with Gasteiger partial charge in [-0.2, -0.15) is 0 Å². The third-order valence-electron chi connectivity index (χ3n) is 1.62. The number of aryl methyl sites for hydroxylation is 1. The lowest BCUT2D eigenvalue weighted by atomic mass is 10.2. The molecule has 49 valence electrons. The highest BCUT2D eigenvalue weighted by atomic mass is 32.1. The van der Waals surface area contributed by atoms with Crippen LogP contribution in [0.4, 0.5) is 0 Å².